The summed E-state index contributed by atoms with van der Waals surface area (Å²) in [6.45, 7) is 6.70. The number of nitrogens with zero attached hydrogens (tertiary/aromatic N) is 3. The van der Waals surface area contributed by atoms with E-state index in [9.17, 15) is 0 Å². The average Bonchev–Trinajstić information content (AvgIpc) is 2.46. The van der Waals surface area contributed by atoms with Crippen LogP contribution in [0.25, 0.3) is 0 Å². The van der Waals surface area contributed by atoms with Crippen LogP contribution in [0.2, 0.25) is 0 Å². The van der Waals surface area contributed by atoms with E-state index in [1.807, 2.05) is 0 Å². The minimum Gasteiger partial charge on any atom is -0.368 e. The number of morpholine rings is 1. The molecule has 2 aliphatic heterocycles. The number of aromatic nitrogens is 2. The third-order valence-corrected chi connectivity index (χ3v) is 3.93. The summed E-state index contributed by atoms with van der Waals surface area (Å²) in [5.41, 5.74) is 3.73. The summed E-state index contributed by atoms with van der Waals surface area (Å²) in [4.78, 5) is 11.8. The Bertz CT molecular complexity index is 446. The van der Waals surface area contributed by atoms with E-state index >= 15 is 0 Å². The first-order valence-corrected chi connectivity index (χ1v) is 7.17. The van der Waals surface area contributed by atoms with Gasteiger partial charge in [0, 0.05) is 25.3 Å². The molecule has 0 radical (unpaired) electrons. The van der Waals surface area contributed by atoms with Crippen molar-refractivity contribution in [1.82, 2.24) is 20.2 Å². The van der Waals surface area contributed by atoms with E-state index < -0.39 is 0 Å². The molecule has 1 aromatic rings. The molecule has 19 heavy (non-hydrogen) atoms. The lowest BCUT2D eigenvalue weighted by molar-refractivity contribution is -0.0257. The summed E-state index contributed by atoms with van der Waals surface area (Å²) in [7, 11) is 2.12. The van der Waals surface area contributed by atoms with Crippen LogP contribution in [0.4, 0.5) is 0 Å². The molecule has 1 N–H and O–H groups in total. The second-order valence-electron chi connectivity index (χ2n) is 5.36. The molecule has 1 unspecified atom stereocenters. The standard InChI is InChI=1S/C14H22N4O/c1-3-11-10-4-5-15-8-12(10)17-14(16-11)13-9-18(2)6-7-19-13/h13,15H,3-9H2,1-2H3. The number of fused-ring (bicyclic) bond motifs is 1. The third-order valence-electron chi connectivity index (χ3n) is 3.93. The number of aryl methyl sites for hydroxylation is 1. The fourth-order valence-electron chi connectivity index (χ4n) is 2.83. The molecule has 0 amide bonds. The van der Waals surface area contributed by atoms with E-state index in [-0.39, 0.29) is 6.10 Å². The van der Waals surface area contributed by atoms with Gasteiger partial charge in [-0.05, 0) is 32.0 Å². The van der Waals surface area contributed by atoms with Crippen LogP contribution in [0, 0.1) is 0 Å². The van der Waals surface area contributed by atoms with Crippen molar-refractivity contribution in [2.24, 2.45) is 0 Å². The molecule has 0 aliphatic carbocycles. The highest BCUT2D eigenvalue weighted by Gasteiger charge is 2.25. The quantitative estimate of drug-likeness (QED) is 0.850. The predicted molar refractivity (Wildman–Crippen MR) is 73.0 cm³/mol. The first-order valence-electron chi connectivity index (χ1n) is 7.17. The normalized spacial score (nSPS) is 24.2. The SMILES string of the molecule is CCc1nc(C2CN(C)CCO2)nc2c1CCNC2. The molecule has 5 heteroatoms. The highest BCUT2D eigenvalue weighted by molar-refractivity contribution is 5.29. The Balaban J connectivity index is 1.93. The molecular formula is C14H22N4O. The lowest BCUT2D eigenvalue weighted by Gasteiger charge is -2.30. The highest BCUT2D eigenvalue weighted by atomic mass is 16.5. The van der Waals surface area contributed by atoms with E-state index in [2.05, 4.69) is 24.2 Å². The second kappa shape index (κ2) is 5.53. The van der Waals surface area contributed by atoms with Crippen molar-refractivity contribution in [2.75, 3.05) is 33.3 Å². The van der Waals surface area contributed by atoms with E-state index in [1.54, 1.807) is 0 Å². The molecule has 2 aliphatic rings. The third kappa shape index (κ3) is 2.63. The van der Waals surface area contributed by atoms with Crippen LogP contribution in [0.1, 0.15) is 35.8 Å². The summed E-state index contributed by atoms with van der Waals surface area (Å²) < 4.78 is 5.84. The summed E-state index contributed by atoms with van der Waals surface area (Å²) in [5, 5.41) is 3.39. The smallest absolute Gasteiger partial charge is 0.158 e. The summed E-state index contributed by atoms with van der Waals surface area (Å²) in [6, 6.07) is 0. The molecule has 5 nitrogen and oxygen atoms in total. The Kier molecular flexibility index (Phi) is 3.77. The highest BCUT2D eigenvalue weighted by Crippen LogP contribution is 2.23. The molecule has 104 valence electrons. The Labute approximate surface area is 114 Å². The molecular weight excluding hydrogens is 240 g/mol. The monoisotopic (exact) mass is 262 g/mol. The van der Waals surface area contributed by atoms with Crippen LogP contribution in [0.5, 0.6) is 0 Å². The first kappa shape index (κ1) is 13.0. The Hall–Kier alpha value is -1.04. The zero-order valence-electron chi connectivity index (χ0n) is 11.8. The fourth-order valence-corrected chi connectivity index (χ4v) is 2.83. The van der Waals surface area contributed by atoms with Gasteiger partial charge in [0.2, 0.25) is 0 Å². The van der Waals surface area contributed by atoms with Gasteiger partial charge in [-0.2, -0.15) is 0 Å². The van der Waals surface area contributed by atoms with Crippen molar-refractivity contribution < 1.29 is 4.74 Å². The van der Waals surface area contributed by atoms with E-state index in [4.69, 9.17) is 14.7 Å². The number of likely N-dealkylation sites (N-methyl/N-ethyl adjacent to an activating group) is 1. The fraction of sp³-hybridized carbons (Fsp3) is 0.714. The van der Waals surface area contributed by atoms with E-state index in [0.29, 0.717) is 0 Å². The van der Waals surface area contributed by atoms with Gasteiger partial charge in [-0.15, -0.1) is 0 Å². The van der Waals surface area contributed by atoms with Gasteiger partial charge >= 0.3 is 0 Å². The van der Waals surface area contributed by atoms with Crippen molar-refractivity contribution >= 4 is 0 Å². The lowest BCUT2D eigenvalue weighted by Crippen LogP contribution is -2.37. The van der Waals surface area contributed by atoms with Gasteiger partial charge in [-0.3, -0.25) is 0 Å². The van der Waals surface area contributed by atoms with E-state index in [1.165, 1.54) is 17.0 Å². The van der Waals surface area contributed by atoms with Crippen molar-refractivity contribution in [3.8, 4) is 0 Å². The topological polar surface area (TPSA) is 50.3 Å². The molecule has 3 heterocycles. The number of ether oxygens (including phenoxy) is 1. The van der Waals surface area contributed by atoms with Crippen LogP contribution in [0.3, 0.4) is 0 Å². The largest absolute Gasteiger partial charge is 0.368 e. The molecule has 1 saturated heterocycles. The van der Waals surface area contributed by atoms with Crippen molar-refractivity contribution in [1.29, 1.82) is 0 Å². The van der Waals surface area contributed by atoms with Crippen molar-refractivity contribution in [2.45, 2.75) is 32.4 Å². The Morgan fingerprint density at radius 2 is 2.32 bits per heavy atom. The van der Waals surface area contributed by atoms with Crippen LogP contribution < -0.4 is 5.32 Å². The zero-order chi connectivity index (χ0) is 13.2. The first-order chi connectivity index (χ1) is 9.28. The maximum atomic E-state index is 5.84. The van der Waals surface area contributed by atoms with Gasteiger partial charge < -0.3 is 15.0 Å². The molecule has 1 aromatic heterocycles. The zero-order valence-corrected chi connectivity index (χ0v) is 11.8. The average molecular weight is 262 g/mol. The van der Waals surface area contributed by atoms with Crippen LogP contribution in [0.15, 0.2) is 0 Å². The van der Waals surface area contributed by atoms with Gasteiger partial charge in [0.1, 0.15) is 6.10 Å². The molecule has 0 bridgehead atoms. The van der Waals surface area contributed by atoms with Crippen LogP contribution in [-0.2, 0) is 24.1 Å². The number of nitrogens with one attached hydrogen (secondary N) is 1. The molecule has 3 rings (SSSR count). The van der Waals surface area contributed by atoms with Crippen LogP contribution >= 0.6 is 0 Å². The Morgan fingerprint density at radius 1 is 1.42 bits per heavy atom. The van der Waals surface area contributed by atoms with Crippen LogP contribution in [-0.4, -0.2) is 48.2 Å². The number of hydrogen-bond donors (Lipinski definition) is 1. The van der Waals surface area contributed by atoms with Gasteiger partial charge in [0.05, 0.1) is 12.3 Å². The van der Waals surface area contributed by atoms with Crippen molar-refractivity contribution in [3.05, 3.63) is 22.8 Å². The van der Waals surface area contributed by atoms with E-state index in [0.717, 1.165) is 51.5 Å². The maximum Gasteiger partial charge on any atom is 0.158 e. The molecule has 0 spiro atoms. The Morgan fingerprint density at radius 3 is 3.11 bits per heavy atom. The predicted octanol–water partition coefficient (Wildman–Crippen LogP) is 0.688. The number of hydrogen-bond acceptors (Lipinski definition) is 5. The minimum atomic E-state index is 0.0243. The summed E-state index contributed by atoms with van der Waals surface area (Å²) in [6.07, 6.45) is 2.04. The second-order valence-corrected chi connectivity index (χ2v) is 5.36. The molecule has 0 saturated carbocycles. The molecule has 1 atom stereocenters. The van der Waals surface area contributed by atoms with Crippen molar-refractivity contribution in [3.63, 3.8) is 0 Å². The summed E-state index contributed by atoms with van der Waals surface area (Å²) in [5.74, 6) is 0.867. The number of rotatable bonds is 2. The molecule has 1 fully saturated rings. The van der Waals surface area contributed by atoms with Gasteiger partial charge in [0.15, 0.2) is 5.82 Å². The molecule has 0 aromatic carbocycles. The van der Waals surface area contributed by atoms with Gasteiger partial charge in [-0.25, -0.2) is 9.97 Å². The maximum absolute atomic E-state index is 5.84. The summed E-state index contributed by atoms with van der Waals surface area (Å²) >= 11 is 0. The minimum absolute atomic E-state index is 0.0243. The van der Waals surface area contributed by atoms with Gasteiger partial charge in [0.25, 0.3) is 0 Å². The lowest BCUT2D eigenvalue weighted by atomic mass is 10.0. The van der Waals surface area contributed by atoms with Gasteiger partial charge in [-0.1, -0.05) is 6.92 Å².